The summed E-state index contributed by atoms with van der Waals surface area (Å²) in [4.78, 5) is 4.56. The Balaban J connectivity index is 1.77. The lowest BCUT2D eigenvalue weighted by atomic mass is 9.93. The Bertz CT molecular complexity index is 367. The van der Waals surface area contributed by atoms with E-state index in [4.69, 9.17) is 4.74 Å². The average Bonchev–Trinajstić information content (AvgIpc) is 2.78. The van der Waals surface area contributed by atoms with Crippen LogP contribution in [0.4, 0.5) is 0 Å². The van der Waals surface area contributed by atoms with Crippen molar-refractivity contribution in [3.8, 4) is 0 Å². The zero-order valence-corrected chi connectivity index (χ0v) is 11.5. The molecule has 2 unspecified atom stereocenters. The quantitative estimate of drug-likeness (QED) is 0.752. The van der Waals surface area contributed by atoms with Crippen molar-refractivity contribution in [2.45, 2.75) is 32.1 Å². The second kappa shape index (κ2) is 6.86. The van der Waals surface area contributed by atoms with Gasteiger partial charge in [-0.2, -0.15) is 0 Å². The molecule has 3 heteroatoms. The van der Waals surface area contributed by atoms with E-state index < -0.39 is 0 Å². The molecule has 1 aromatic heterocycles. The molecule has 2 rings (SSSR count). The van der Waals surface area contributed by atoms with Crippen molar-refractivity contribution < 1.29 is 4.74 Å². The van der Waals surface area contributed by atoms with E-state index in [1.807, 2.05) is 6.20 Å². The van der Waals surface area contributed by atoms with Gasteiger partial charge in [-0.25, -0.2) is 0 Å². The van der Waals surface area contributed by atoms with Gasteiger partial charge in [-0.05, 0) is 43.4 Å². The molecule has 1 aliphatic carbocycles. The molecule has 2 atom stereocenters. The first-order valence-electron chi connectivity index (χ1n) is 6.94. The van der Waals surface area contributed by atoms with Gasteiger partial charge >= 0.3 is 0 Å². The van der Waals surface area contributed by atoms with Gasteiger partial charge in [0.15, 0.2) is 0 Å². The molecule has 1 aromatic rings. The summed E-state index contributed by atoms with van der Waals surface area (Å²) in [6, 6.07) is 4.28. The zero-order valence-electron chi connectivity index (χ0n) is 11.5. The average molecular weight is 248 g/mol. The highest BCUT2D eigenvalue weighted by molar-refractivity contribution is 5.28. The lowest BCUT2D eigenvalue weighted by Gasteiger charge is -2.17. The molecule has 0 spiro atoms. The summed E-state index contributed by atoms with van der Waals surface area (Å²) in [5.74, 6) is 1.36. The molecule has 1 N–H and O–H groups in total. The molecule has 0 bridgehead atoms. The van der Waals surface area contributed by atoms with Gasteiger partial charge in [-0.3, -0.25) is 4.98 Å². The van der Waals surface area contributed by atoms with E-state index in [9.17, 15) is 0 Å². The van der Waals surface area contributed by atoms with Gasteiger partial charge in [0.25, 0.3) is 0 Å². The first-order valence-corrected chi connectivity index (χ1v) is 6.94. The molecule has 0 radical (unpaired) electrons. The maximum absolute atomic E-state index is 5.03. The number of hydrogen-bond donors (Lipinski definition) is 1. The van der Waals surface area contributed by atoms with E-state index in [0.717, 1.165) is 19.7 Å². The van der Waals surface area contributed by atoms with E-state index >= 15 is 0 Å². The van der Waals surface area contributed by atoms with E-state index in [1.54, 1.807) is 7.11 Å². The summed E-state index contributed by atoms with van der Waals surface area (Å²) >= 11 is 0. The van der Waals surface area contributed by atoms with E-state index in [-0.39, 0.29) is 0 Å². The van der Waals surface area contributed by atoms with Gasteiger partial charge < -0.3 is 10.1 Å². The molecule has 1 heterocycles. The van der Waals surface area contributed by atoms with Crippen molar-refractivity contribution in [2.24, 2.45) is 5.92 Å². The number of aromatic nitrogens is 1. The Morgan fingerprint density at radius 3 is 3.28 bits per heavy atom. The van der Waals surface area contributed by atoms with Crippen LogP contribution in [0.2, 0.25) is 0 Å². The van der Waals surface area contributed by atoms with Gasteiger partial charge in [0.2, 0.25) is 0 Å². The van der Waals surface area contributed by atoms with E-state index in [1.165, 1.54) is 30.5 Å². The number of aryl methyl sites for hydroxylation is 1. The predicted octanol–water partition coefficient (Wildman–Crippen LogP) is 2.37. The van der Waals surface area contributed by atoms with Crippen LogP contribution in [0.3, 0.4) is 0 Å². The van der Waals surface area contributed by atoms with Crippen molar-refractivity contribution in [2.75, 3.05) is 26.8 Å². The predicted molar refractivity (Wildman–Crippen MR) is 73.8 cm³/mol. The largest absolute Gasteiger partial charge is 0.383 e. The van der Waals surface area contributed by atoms with Crippen LogP contribution in [-0.2, 0) is 11.2 Å². The lowest BCUT2D eigenvalue weighted by molar-refractivity contribution is 0.197. The van der Waals surface area contributed by atoms with Gasteiger partial charge in [0, 0.05) is 31.5 Å². The summed E-state index contributed by atoms with van der Waals surface area (Å²) in [6.07, 6.45) is 5.65. The maximum atomic E-state index is 5.03. The molecule has 100 valence electrons. The van der Waals surface area contributed by atoms with Crippen LogP contribution in [0.1, 0.15) is 36.9 Å². The number of pyridine rings is 1. The van der Waals surface area contributed by atoms with E-state index in [0.29, 0.717) is 11.8 Å². The molecular formula is C15H24N2O. The minimum Gasteiger partial charge on any atom is -0.383 e. The van der Waals surface area contributed by atoms with Crippen molar-refractivity contribution >= 4 is 0 Å². The minimum atomic E-state index is 0.667. The van der Waals surface area contributed by atoms with Crippen LogP contribution in [-0.4, -0.2) is 31.8 Å². The topological polar surface area (TPSA) is 34.1 Å². The summed E-state index contributed by atoms with van der Waals surface area (Å²) in [5.41, 5.74) is 2.81. The molecule has 0 fully saturated rings. The number of nitrogens with one attached hydrogen (secondary N) is 1. The smallest absolute Gasteiger partial charge is 0.0587 e. The summed E-state index contributed by atoms with van der Waals surface area (Å²) in [7, 11) is 1.74. The molecule has 3 nitrogen and oxygen atoms in total. The zero-order chi connectivity index (χ0) is 12.8. The first kappa shape index (κ1) is 13.5. The minimum absolute atomic E-state index is 0.667. The number of fused-ring (bicyclic) bond motifs is 1. The Kier molecular flexibility index (Phi) is 5.14. The number of rotatable bonds is 7. The normalized spacial score (nSPS) is 19.8. The Morgan fingerprint density at radius 1 is 1.56 bits per heavy atom. The van der Waals surface area contributed by atoms with Crippen LogP contribution in [0.25, 0.3) is 0 Å². The number of nitrogens with zero attached hydrogens (tertiary/aromatic N) is 1. The SMILES string of the molecule is COCCNCC(C)CC1CCc2cccnc21. The standard InChI is InChI=1S/C15H24N2O/c1-12(11-16-8-9-18-2)10-14-6-5-13-4-3-7-17-15(13)14/h3-4,7,12,14,16H,5-6,8-11H2,1-2H3. The van der Waals surface area contributed by atoms with Gasteiger partial charge in [0.1, 0.15) is 0 Å². The van der Waals surface area contributed by atoms with Crippen molar-refractivity contribution in [1.82, 2.24) is 10.3 Å². The van der Waals surface area contributed by atoms with Crippen molar-refractivity contribution in [1.29, 1.82) is 0 Å². The summed E-state index contributed by atoms with van der Waals surface area (Å²) < 4.78 is 5.03. The van der Waals surface area contributed by atoms with Crippen LogP contribution in [0.5, 0.6) is 0 Å². The van der Waals surface area contributed by atoms with E-state index in [2.05, 4.69) is 29.4 Å². The molecule has 0 aliphatic heterocycles. The molecular weight excluding hydrogens is 224 g/mol. The van der Waals surface area contributed by atoms with Gasteiger partial charge in [-0.1, -0.05) is 13.0 Å². The molecule has 0 amide bonds. The Labute approximate surface area is 110 Å². The highest BCUT2D eigenvalue weighted by Gasteiger charge is 2.24. The highest BCUT2D eigenvalue weighted by Crippen LogP contribution is 2.35. The number of methoxy groups -OCH3 is 1. The summed E-state index contributed by atoms with van der Waals surface area (Å²) in [6.45, 7) is 5.13. The van der Waals surface area contributed by atoms with Gasteiger partial charge in [-0.15, -0.1) is 0 Å². The molecule has 18 heavy (non-hydrogen) atoms. The fourth-order valence-electron chi connectivity index (χ4n) is 2.82. The van der Waals surface area contributed by atoms with Crippen LogP contribution < -0.4 is 5.32 Å². The first-order chi connectivity index (χ1) is 8.81. The van der Waals surface area contributed by atoms with Gasteiger partial charge in [0.05, 0.1) is 6.61 Å². The van der Waals surface area contributed by atoms with Crippen LogP contribution in [0.15, 0.2) is 18.3 Å². The third-order valence-corrected chi connectivity index (χ3v) is 3.74. The second-order valence-corrected chi connectivity index (χ2v) is 5.32. The highest BCUT2D eigenvalue weighted by atomic mass is 16.5. The number of ether oxygens (including phenoxy) is 1. The maximum Gasteiger partial charge on any atom is 0.0587 e. The molecule has 0 saturated carbocycles. The van der Waals surface area contributed by atoms with Crippen LogP contribution >= 0.6 is 0 Å². The molecule has 0 aromatic carbocycles. The Hall–Kier alpha value is -0.930. The monoisotopic (exact) mass is 248 g/mol. The van der Waals surface area contributed by atoms with Crippen molar-refractivity contribution in [3.63, 3.8) is 0 Å². The Morgan fingerprint density at radius 2 is 2.44 bits per heavy atom. The summed E-state index contributed by atoms with van der Waals surface area (Å²) in [5, 5.41) is 3.44. The van der Waals surface area contributed by atoms with Crippen molar-refractivity contribution in [3.05, 3.63) is 29.6 Å². The fraction of sp³-hybridized carbons (Fsp3) is 0.667. The third kappa shape index (κ3) is 3.53. The fourth-order valence-corrected chi connectivity index (χ4v) is 2.82. The van der Waals surface area contributed by atoms with Crippen LogP contribution in [0, 0.1) is 5.92 Å². The second-order valence-electron chi connectivity index (χ2n) is 5.32. The molecule has 1 aliphatic rings. The number of hydrogen-bond acceptors (Lipinski definition) is 3. The third-order valence-electron chi connectivity index (χ3n) is 3.74. The molecule has 0 saturated heterocycles. The lowest BCUT2D eigenvalue weighted by Crippen LogP contribution is -2.25.